The van der Waals surface area contributed by atoms with Gasteiger partial charge in [-0.1, -0.05) is 30.3 Å². The van der Waals surface area contributed by atoms with E-state index in [1.54, 1.807) is 31.6 Å². The van der Waals surface area contributed by atoms with Gasteiger partial charge in [-0.25, -0.2) is 9.78 Å². The van der Waals surface area contributed by atoms with Crippen molar-refractivity contribution in [1.82, 2.24) is 14.8 Å². The molecule has 1 N–H and O–H groups in total. The lowest BCUT2D eigenvalue weighted by atomic mass is 10.1. The molecule has 7 nitrogen and oxygen atoms in total. The minimum atomic E-state index is -0.968. The van der Waals surface area contributed by atoms with Gasteiger partial charge >= 0.3 is 5.97 Å². The Labute approximate surface area is 173 Å². The van der Waals surface area contributed by atoms with Crippen molar-refractivity contribution in [1.29, 1.82) is 0 Å². The van der Waals surface area contributed by atoms with Crippen LogP contribution in [0.4, 0.5) is 5.69 Å². The molecule has 0 saturated heterocycles. The van der Waals surface area contributed by atoms with Crippen LogP contribution >= 0.6 is 0 Å². The van der Waals surface area contributed by atoms with Gasteiger partial charge < -0.3 is 10.1 Å². The Morgan fingerprint density at radius 3 is 2.57 bits per heavy atom. The SMILES string of the molecule is Cc1cc(C(=O)OC(C)C(=O)Nc2ccc3ccccc3c2)c2c(C)nn(C)c2n1. The zero-order valence-corrected chi connectivity index (χ0v) is 17.3. The van der Waals surface area contributed by atoms with Crippen molar-refractivity contribution >= 4 is 39.4 Å². The summed E-state index contributed by atoms with van der Waals surface area (Å²) >= 11 is 0. The highest BCUT2D eigenvalue weighted by molar-refractivity contribution is 6.05. The summed E-state index contributed by atoms with van der Waals surface area (Å²) in [6.45, 7) is 5.16. The fraction of sp³-hybridized carbons (Fsp3) is 0.217. The van der Waals surface area contributed by atoms with Gasteiger partial charge in [0.2, 0.25) is 0 Å². The van der Waals surface area contributed by atoms with Gasteiger partial charge in [-0.2, -0.15) is 5.10 Å². The standard InChI is InChI=1S/C23H22N4O3/c1-13-11-19(20-14(2)26-27(4)21(20)24-13)23(29)30-15(3)22(28)25-18-10-9-16-7-5-6-8-17(16)12-18/h5-12,15H,1-4H3,(H,25,28). The van der Waals surface area contributed by atoms with E-state index in [9.17, 15) is 9.59 Å². The molecule has 152 valence electrons. The lowest BCUT2D eigenvalue weighted by Crippen LogP contribution is -2.30. The van der Waals surface area contributed by atoms with Crippen molar-refractivity contribution in [2.45, 2.75) is 26.9 Å². The molecule has 0 aliphatic rings. The summed E-state index contributed by atoms with van der Waals surface area (Å²) in [5.41, 5.74) is 2.96. The molecule has 1 unspecified atom stereocenters. The molecule has 0 radical (unpaired) electrons. The van der Waals surface area contributed by atoms with Crippen LogP contribution in [0, 0.1) is 13.8 Å². The number of hydrogen-bond donors (Lipinski definition) is 1. The molecule has 0 fully saturated rings. The molecule has 0 aliphatic heterocycles. The van der Waals surface area contributed by atoms with Crippen LogP contribution in [0.15, 0.2) is 48.5 Å². The molecule has 0 aliphatic carbocycles. The number of nitrogens with one attached hydrogen (secondary N) is 1. The number of ether oxygens (including phenoxy) is 1. The Hall–Kier alpha value is -3.74. The Morgan fingerprint density at radius 2 is 1.80 bits per heavy atom. The maximum absolute atomic E-state index is 12.8. The maximum Gasteiger partial charge on any atom is 0.339 e. The zero-order valence-electron chi connectivity index (χ0n) is 17.3. The van der Waals surface area contributed by atoms with Crippen molar-refractivity contribution in [3.05, 3.63) is 65.5 Å². The third-order valence-electron chi connectivity index (χ3n) is 4.99. The number of hydrogen-bond acceptors (Lipinski definition) is 5. The molecule has 1 amide bonds. The first-order chi connectivity index (χ1) is 14.3. The minimum absolute atomic E-state index is 0.355. The van der Waals surface area contributed by atoms with Crippen LogP contribution in [0.5, 0.6) is 0 Å². The van der Waals surface area contributed by atoms with Crippen molar-refractivity contribution in [3.63, 3.8) is 0 Å². The first-order valence-corrected chi connectivity index (χ1v) is 9.65. The summed E-state index contributed by atoms with van der Waals surface area (Å²) in [6, 6.07) is 15.2. The van der Waals surface area contributed by atoms with Gasteiger partial charge in [0.25, 0.3) is 5.91 Å². The first kappa shape index (κ1) is 19.6. The van der Waals surface area contributed by atoms with Crippen molar-refractivity contribution in [2.24, 2.45) is 7.05 Å². The number of aryl methyl sites for hydroxylation is 3. The fourth-order valence-electron chi connectivity index (χ4n) is 3.52. The number of nitrogens with zero attached hydrogens (tertiary/aromatic N) is 3. The minimum Gasteiger partial charge on any atom is -0.449 e. The highest BCUT2D eigenvalue weighted by Crippen LogP contribution is 2.23. The number of pyridine rings is 1. The predicted molar refractivity (Wildman–Crippen MR) is 115 cm³/mol. The second-order valence-electron chi connectivity index (χ2n) is 7.32. The van der Waals surface area contributed by atoms with Crippen LogP contribution in [0.25, 0.3) is 21.8 Å². The van der Waals surface area contributed by atoms with Crippen LogP contribution in [0.3, 0.4) is 0 Å². The van der Waals surface area contributed by atoms with E-state index < -0.39 is 18.0 Å². The smallest absolute Gasteiger partial charge is 0.339 e. The van der Waals surface area contributed by atoms with E-state index in [-0.39, 0.29) is 0 Å². The lowest BCUT2D eigenvalue weighted by molar-refractivity contribution is -0.123. The van der Waals surface area contributed by atoms with Crippen molar-refractivity contribution in [3.8, 4) is 0 Å². The summed E-state index contributed by atoms with van der Waals surface area (Å²) in [5, 5.41) is 9.88. The molecular weight excluding hydrogens is 380 g/mol. The molecule has 4 aromatic rings. The Balaban J connectivity index is 1.53. The van der Waals surface area contributed by atoms with Crippen LogP contribution in [-0.2, 0) is 16.6 Å². The number of anilines is 1. The van der Waals surface area contributed by atoms with Gasteiger partial charge in [0.15, 0.2) is 11.8 Å². The lowest BCUT2D eigenvalue weighted by Gasteiger charge is -2.14. The van der Waals surface area contributed by atoms with Crippen molar-refractivity contribution < 1.29 is 14.3 Å². The summed E-state index contributed by atoms with van der Waals surface area (Å²) in [5.74, 6) is -0.980. The molecule has 4 rings (SSSR count). The third kappa shape index (κ3) is 3.61. The number of aromatic nitrogens is 3. The predicted octanol–water partition coefficient (Wildman–Crippen LogP) is 3.92. The van der Waals surface area contributed by atoms with E-state index in [4.69, 9.17) is 4.74 Å². The normalized spacial score (nSPS) is 12.1. The highest BCUT2D eigenvalue weighted by atomic mass is 16.5. The molecule has 0 saturated carbocycles. The van der Waals surface area contributed by atoms with Crippen LogP contribution in [-0.4, -0.2) is 32.7 Å². The number of fused-ring (bicyclic) bond motifs is 2. The third-order valence-corrected chi connectivity index (χ3v) is 4.99. The van der Waals surface area contributed by atoms with E-state index in [0.29, 0.717) is 33.7 Å². The molecule has 7 heteroatoms. The summed E-state index contributed by atoms with van der Waals surface area (Å²) in [4.78, 5) is 29.9. The van der Waals surface area contributed by atoms with E-state index in [2.05, 4.69) is 15.4 Å². The molecular formula is C23H22N4O3. The largest absolute Gasteiger partial charge is 0.449 e. The first-order valence-electron chi connectivity index (χ1n) is 9.65. The Morgan fingerprint density at radius 1 is 1.07 bits per heavy atom. The van der Waals surface area contributed by atoms with Crippen LogP contribution in [0.1, 0.15) is 28.7 Å². The quantitative estimate of drug-likeness (QED) is 0.523. The van der Waals surface area contributed by atoms with E-state index in [0.717, 1.165) is 10.8 Å². The van der Waals surface area contributed by atoms with E-state index >= 15 is 0 Å². The van der Waals surface area contributed by atoms with E-state index in [1.165, 1.54) is 0 Å². The maximum atomic E-state index is 12.8. The van der Waals surface area contributed by atoms with Crippen LogP contribution in [0.2, 0.25) is 0 Å². The summed E-state index contributed by atoms with van der Waals surface area (Å²) < 4.78 is 7.10. The monoisotopic (exact) mass is 402 g/mol. The second-order valence-corrected chi connectivity index (χ2v) is 7.32. The van der Waals surface area contributed by atoms with Crippen molar-refractivity contribution in [2.75, 3.05) is 5.32 Å². The second kappa shape index (κ2) is 7.59. The number of rotatable bonds is 4. The molecule has 2 aromatic carbocycles. The Bertz CT molecular complexity index is 1290. The topological polar surface area (TPSA) is 86.1 Å². The van der Waals surface area contributed by atoms with Gasteiger partial charge in [-0.15, -0.1) is 0 Å². The Kier molecular flexibility index (Phi) is 4.95. The van der Waals surface area contributed by atoms with Crippen LogP contribution < -0.4 is 5.32 Å². The summed E-state index contributed by atoms with van der Waals surface area (Å²) in [7, 11) is 1.77. The number of esters is 1. The van der Waals surface area contributed by atoms with Gasteiger partial charge in [-0.05, 0) is 49.7 Å². The number of amides is 1. The molecule has 0 spiro atoms. The van der Waals surface area contributed by atoms with Gasteiger partial charge in [0.1, 0.15) is 0 Å². The molecule has 30 heavy (non-hydrogen) atoms. The average molecular weight is 402 g/mol. The van der Waals surface area contributed by atoms with Gasteiger partial charge in [0, 0.05) is 18.4 Å². The highest BCUT2D eigenvalue weighted by Gasteiger charge is 2.23. The fourth-order valence-corrected chi connectivity index (χ4v) is 3.52. The summed E-state index contributed by atoms with van der Waals surface area (Å²) in [6.07, 6.45) is -0.968. The molecule has 2 aromatic heterocycles. The zero-order chi connectivity index (χ0) is 21.4. The number of carbonyl (C=O) groups excluding carboxylic acids is 2. The van der Waals surface area contributed by atoms with Gasteiger partial charge in [-0.3, -0.25) is 9.48 Å². The average Bonchev–Trinajstić information content (AvgIpc) is 3.00. The number of benzene rings is 2. The molecule has 2 heterocycles. The molecule has 0 bridgehead atoms. The van der Waals surface area contributed by atoms with E-state index in [1.807, 2.05) is 49.4 Å². The van der Waals surface area contributed by atoms with Gasteiger partial charge in [0.05, 0.1) is 16.6 Å². The molecule has 1 atom stereocenters. The number of carbonyl (C=O) groups is 2.